The highest BCUT2D eigenvalue weighted by molar-refractivity contribution is 6.30. The molecule has 4 heteroatoms. The average Bonchev–Trinajstić information content (AvgIpc) is 2.07. The molecule has 0 fully saturated rings. The molecular formula is C8H9ClFNO. The Bertz CT molecular complexity index is 267. The molecular weight excluding hydrogens is 181 g/mol. The van der Waals surface area contributed by atoms with Crippen LogP contribution in [-0.4, -0.2) is 11.6 Å². The van der Waals surface area contributed by atoms with Crippen LogP contribution in [0, 0.1) is 5.95 Å². The fourth-order valence-corrected chi connectivity index (χ4v) is 0.793. The molecule has 1 aromatic heterocycles. The largest absolute Gasteiger partial charge is 0.478 e. The second-order valence-electron chi connectivity index (χ2n) is 2.27. The minimum Gasteiger partial charge on any atom is -0.478 e. The second-order valence-corrected chi connectivity index (χ2v) is 2.68. The van der Waals surface area contributed by atoms with Crippen LogP contribution in [0.1, 0.15) is 13.3 Å². The molecule has 0 atom stereocenters. The minimum atomic E-state index is -0.690. The van der Waals surface area contributed by atoms with Gasteiger partial charge in [-0.15, -0.1) is 0 Å². The normalized spacial score (nSPS) is 9.92. The van der Waals surface area contributed by atoms with Crippen LogP contribution < -0.4 is 4.74 Å². The summed E-state index contributed by atoms with van der Waals surface area (Å²) in [5.74, 6) is -0.413. The van der Waals surface area contributed by atoms with Crippen LogP contribution in [0.15, 0.2) is 12.1 Å². The molecule has 0 unspecified atom stereocenters. The molecule has 1 aromatic rings. The SMILES string of the molecule is CCCOc1ccc(Cl)c(F)n1. The van der Waals surface area contributed by atoms with E-state index in [1.165, 1.54) is 6.07 Å². The predicted octanol–water partition coefficient (Wildman–Crippen LogP) is 2.66. The van der Waals surface area contributed by atoms with Gasteiger partial charge in [0.2, 0.25) is 11.8 Å². The van der Waals surface area contributed by atoms with Crippen LogP contribution in [0.5, 0.6) is 5.88 Å². The van der Waals surface area contributed by atoms with Crippen LogP contribution in [0.25, 0.3) is 0 Å². The number of hydrogen-bond donors (Lipinski definition) is 0. The van der Waals surface area contributed by atoms with Crippen molar-refractivity contribution in [1.82, 2.24) is 4.98 Å². The summed E-state index contributed by atoms with van der Waals surface area (Å²) in [5.41, 5.74) is 0. The molecule has 12 heavy (non-hydrogen) atoms. The van der Waals surface area contributed by atoms with Crippen molar-refractivity contribution in [3.05, 3.63) is 23.1 Å². The zero-order valence-electron chi connectivity index (χ0n) is 6.68. The van der Waals surface area contributed by atoms with Crippen LogP contribution in [0.2, 0.25) is 5.02 Å². The summed E-state index contributed by atoms with van der Waals surface area (Å²) >= 11 is 5.42. The van der Waals surface area contributed by atoms with Crippen LogP contribution in [0.3, 0.4) is 0 Å². The summed E-state index contributed by atoms with van der Waals surface area (Å²) in [7, 11) is 0. The zero-order chi connectivity index (χ0) is 8.97. The van der Waals surface area contributed by atoms with E-state index in [4.69, 9.17) is 16.3 Å². The Hall–Kier alpha value is -0.830. The second kappa shape index (κ2) is 4.26. The highest BCUT2D eigenvalue weighted by Crippen LogP contribution is 2.15. The standard InChI is InChI=1S/C8H9ClFNO/c1-2-5-12-7-4-3-6(9)8(10)11-7/h3-4H,2,5H2,1H3. The lowest BCUT2D eigenvalue weighted by molar-refractivity contribution is 0.300. The number of hydrogen-bond acceptors (Lipinski definition) is 2. The van der Waals surface area contributed by atoms with Gasteiger partial charge in [-0.3, -0.25) is 0 Å². The third-order valence-electron chi connectivity index (χ3n) is 1.23. The van der Waals surface area contributed by atoms with E-state index in [1.54, 1.807) is 6.07 Å². The predicted molar refractivity (Wildman–Crippen MR) is 45.0 cm³/mol. The van der Waals surface area contributed by atoms with Gasteiger partial charge < -0.3 is 4.74 Å². The highest BCUT2D eigenvalue weighted by atomic mass is 35.5. The van der Waals surface area contributed by atoms with Gasteiger partial charge in [-0.05, 0) is 12.5 Å². The third-order valence-corrected chi connectivity index (χ3v) is 1.51. The topological polar surface area (TPSA) is 22.1 Å². The molecule has 0 saturated heterocycles. The summed E-state index contributed by atoms with van der Waals surface area (Å²) < 4.78 is 17.8. The van der Waals surface area contributed by atoms with Gasteiger partial charge in [-0.1, -0.05) is 18.5 Å². The van der Waals surface area contributed by atoms with Gasteiger partial charge >= 0.3 is 0 Å². The molecule has 1 rings (SSSR count). The van der Waals surface area contributed by atoms with Crippen LogP contribution >= 0.6 is 11.6 Å². The van der Waals surface area contributed by atoms with E-state index >= 15 is 0 Å². The molecule has 0 aromatic carbocycles. The van der Waals surface area contributed by atoms with E-state index in [1.807, 2.05) is 6.92 Å². The molecule has 0 N–H and O–H groups in total. The maximum atomic E-state index is 12.7. The zero-order valence-corrected chi connectivity index (χ0v) is 7.44. The molecule has 66 valence electrons. The number of rotatable bonds is 3. The number of halogens is 2. The van der Waals surface area contributed by atoms with Crippen molar-refractivity contribution in [3.8, 4) is 5.88 Å². The molecule has 2 nitrogen and oxygen atoms in total. The molecule has 0 saturated carbocycles. The molecule has 0 spiro atoms. The first-order valence-electron chi connectivity index (χ1n) is 3.69. The number of aromatic nitrogens is 1. The fourth-order valence-electron chi connectivity index (χ4n) is 0.688. The van der Waals surface area contributed by atoms with Crippen molar-refractivity contribution in [1.29, 1.82) is 0 Å². The van der Waals surface area contributed by atoms with Crippen molar-refractivity contribution in [2.24, 2.45) is 0 Å². The Morgan fingerprint density at radius 3 is 2.92 bits per heavy atom. The van der Waals surface area contributed by atoms with E-state index in [-0.39, 0.29) is 10.9 Å². The quantitative estimate of drug-likeness (QED) is 0.682. The van der Waals surface area contributed by atoms with Gasteiger partial charge in [0.25, 0.3) is 0 Å². The van der Waals surface area contributed by atoms with Crippen LogP contribution in [0.4, 0.5) is 4.39 Å². The first-order chi connectivity index (χ1) is 5.74. The summed E-state index contributed by atoms with van der Waals surface area (Å²) in [5, 5.41) is 0.0128. The van der Waals surface area contributed by atoms with Crippen LogP contribution in [-0.2, 0) is 0 Å². The Kier molecular flexibility index (Phi) is 3.29. The van der Waals surface area contributed by atoms with Gasteiger partial charge in [-0.2, -0.15) is 9.37 Å². The third kappa shape index (κ3) is 2.34. The van der Waals surface area contributed by atoms with Crippen molar-refractivity contribution < 1.29 is 9.13 Å². The van der Waals surface area contributed by atoms with E-state index in [2.05, 4.69) is 4.98 Å². The monoisotopic (exact) mass is 189 g/mol. The lowest BCUT2D eigenvalue weighted by Crippen LogP contribution is -1.98. The Balaban J connectivity index is 2.69. The van der Waals surface area contributed by atoms with Gasteiger partial charge in [-0.25, -0.2) is 0 Å². The van der Waals surface area contributed by atoms with Gasteiger partial charge in [0, 0.05) is 6.07 Å². The van der Waals surface area contributed by atoms with E-state index in [9.17, 15) is 4.39 Å². The first kappa shape index (κ1) is 9.26. The Morgan fingerprint density at radius 2 is 2.33 bits per heavy atom. The molecule has 0 amide bonds. The van der Waals surface area contributed by atoms with Crippen molar-refractivity contribution in [2.45, 2.75) is 13.3 Å². The maximum Gasteiger partial charge on any atom is 0.234 e. The van der Waals surface area contributed by atoms with E-state index < -0.39 is 5.95 Å². The smallest absolute Gasteiger partial charge is 0.234 e. The Morgan fingerprint density at radius 1 is 1.58 bits per heavy atom. The van der Waals surface area contributed by atoms with Crippen molar-refractivity contribution in [2.75, 3.05) is 6.61 Å². The van der Waals surface area contributed by atoms with Gasteiger partial charge in [0.05, 0.1) is 11.6 Å². The van der Waals surface area contributed by atoms with E-state index in [0.29, 0.717) is 6.61 Å². The molecule has 0 radical (unpaired) electrons. The first-order valence-corrected chi connectivity index (χ1v) is 4.06. The lowest BCUT2D eigenvalue weighted by atomic mass is 10.5. The molecule has 0 aliphatic carbocycles. The summed E-state index contributed by atoms with van der Waals surface area (Å²) in [6, 6.07) is 2.97. The summed E-state index contributed by atoms with van der Waals surface area (Å²) in [6.07, 6.45) is 0.867. The average molecular weight is 190 g/mol. The summed E-state index contributed by atoms with van der Waals surface area (Å²) in [4.78, 5) is 3.49. The lowest BCUT2D eigenvalue weighted by Gasteiger charge is -2.02. The number of nitrogens with zero attached hydrogens (tertiary/aromatic N) is 1. The number of ether oxygens (including phenoxy) is 1. The molecule has 1 heterocycles. The van der Waals surface area contributed by atoms with Crippen molar-refractivity contribution in [3.63, 3.8) is 0 Å². The highest BCUT2D eigenvalue weighted by Gasteiger charge is 2.02. The van der Waals surface area contributed by atoms with Gasteiger partial charge in [0.1, 0.15) is 0 Å². The molecule has 0 bridgehead atoms. The number of pyridine rings is 1. The van der Waals surface area contributed by atoms with Gasteiger partial charge in [0.15, 0.2) is 0 Å². The maximum absolute atomic E-state index is 12.7. The van der Waals surface area contributed by atoms with Crippen molar-refractivity contribution >= 4 is 11.6 Å². The molecule has 0 aliphatic heterocycles. The van der Waals surface area contributed by atoms with E-state index in [0.717, 1.165) is 6.42 Å². The fraction of sp³-hybridized carbons (Fsp3) is 0.375. The minimum absolute atomic E-state index is 0.0128. The molecule has 0 aliphatic rings. The summed E-state index contributed by atoms with van der Waals surface area (Å²) in [6.45, 7) is 2.50. The Labute approximate surface area is 75.3 Å².